The molecule has 0 bridgehead atoms. The quantitative estimate of drug-likeness (QED) is 0.818. The Labute approximate surface area is 114 Å². The zero-order valence-electron chi connectivity index (χ0n) is 12.1. The van der Waals surface area contributed by atoms with E-state index in [9.17, 15) is 4.79 Å². The maximum Gasteiger partial charge on any atom is 0.258 e. The zero-order chi connectivity index (χ0) is 14.3. The van der Waals surface area contributed by atoms with Gasteiger partial charge in [-0.05, 0) is 39.4 Å². The second kappa shape index (κ2) is 7.09. The molecule has 0 saturated heterocycles. The van der Waals surface area contributed by atoms with E-state index in [2.05, 4.69) is 15.6 Å². The molecule has 0 radical (unpaired) electrons. The second-order valence-electron chi connectivity index (χ2n) is 5.35. The highest BCUT2D eigenvalue weighted by molar-refractivity contribution is 5.78. The third-order valence-electron chi connectivity index (χ3n) is 2.24. The van der Waals surface area contributed by atoms with Gasteiger partial charge in [0.2, 0.25) is 0 Å². The summed E-state index contributed by atoms with van der Waals surface area (Å²) < 4.78 is 5.38. The molecule has 0 aliphatic carbocycles. The number of hydrogen-bond acceptors (Lipinski definition) is 4. The fraction of sp³-hybridized carbons (Fsp3) is 0.571. The Bertz CT molecular complexity index is 396. The standard InChI is InChI=1S/C14H23N3O2/c1-5-15-8-11-6-7-12(9-16-11)19-10-13(18)17-14(2,3)4/h6-7,9,15H,5,8,10H2,1-4H3,(H,17,18). The van der Waals surface area contributed by atoms with Crippen molar-refractivity contribution in [1.82, 2.24) is 15.6 Å². The summed E-state index contributed by atoms with van der Waals surface area (Å²) in [6.07, 6.45) is 1.64. The molecular formula is C14H23N3O2. The van der Waals surface area contributed by atoms with Gasteiger partial charge in [0.05, 0.1) is 11.9 Å². The van der Waals surface area contributed by atoms with Crippen molar-refractivity contribution >= 4 is 5.91 Å². The van der Waals surface area contributed by atoms with Crippen molar-refractivity contribution in [3.8, 4) is 5.75 Å². The molecule has 5 heteroatoms. The Balaban J connectivity index is 2.39. The smallest absolute Gasteiger partial charge is 0.258 e. The average molecular weight is 265 g/mol. The lowest BCUT2D eigenvalue weighted by Gasteiger charge is -2.20. The number of carbonyl (C=O) groups is 1. The molecule has 1 aromatic heterocycles. The SMILES string of the molecule is CCNCc1ccc(OCC(=O)NC(C)(C)C)cn1. The lowest BCUT2D eigenvalue weighted by molar-refractivity contribution is -0.124. The third kappa shape index (κ3) is 6.76. The molecule has 0 spiro atoms. The van der Waals surface area contributed by atoms with Crippen LogP contribution in [-0.2, 0) is 11.3 Å². The van der Waals surface area contributed by atoms with Crippen molar-refractivity contribution in [2.75, 3.05) is 13.2 Å². The van der Waals surface area contributed by atoms with Crippen molar-refractivity contribution in [3.63, 3.8) is 0 Å². The summed E-state index contributed by atoms with van der Waals surface area (Å²) in [6, 6.07) is 3.71. The molecule has 19 heavy (non-hydrogen) atoms. The van der Waals surface area contributed by atoms with Crippen LogP contribution in [0.5, 0.6) is 5.75 Å². The highest BCUT2D eigenvalue weighted by Gasteiger charge is 2.13. The monoisotopic (exact) mass is 265 g/mol. The largest absolute Gasteiger partial charge is 0.482 e. The third-order valence-corrected chi connectivity index (χ3v) is 2.24. The topological polar surface area (TPSA) is 63.2 Å². The van der Waals surface area contributed by atoms with E-state index in [0.717, 1.165) is 18.8 Å². The number of nitrogens with one attached hydrogen (secondary N) is 2. The van der Waals surface area contributed by atoms with Crippen molar-refractivity contribution in [1.29, 1.82) is 0 Å². The van der Waals surface area contributed by atoms with E-state index in [-0.39, 0.29) is 18.1 Å². The van der Waals surface area contributed by atoms with E-state index >= 15 is 0 Å². The van der Waals surface area contributed by atoms with Crippen LogP contribution < -0.4 is 15.4 Å². The summed E-state index contributed by atoms with van der Waals surface area (Å²) in [5.74, 6) is 0.466. The van der Waals surface area contributed by atoms with Crippen LogP contribution in [-0.4, -0.2) is 29.6 Å². The maximum atomic E-state index is 11.6. The number of hydrogen-bond donors (Lipinski definition) is 2. The van der Waals surface area contributed by atoms with Crippen LogP contribution in [0.4, 0.5) is 0 Å². The first-order valence-electron chi connectivity index (χ1n) is 6.50. The summed E-state index contributed by atoms with van der Waals surface area (Å²) >= 11 is 0. The van der Waals surface area contributed by atoms with Crippen molar-refractivity contribution in [3.05, 3.63) is 24.0 Å². The fourth-order valence-corrected chi connectivity index (χ4v) is 1.46. The van der Waals surface area contributed by atoms with Crippen LogP contribution in [0.3, 0.4) is 0 Å². The van der Waals surface area contributed by atoms with Gasteiger partial charge in [-0.25, -0.2) is 0 Å². The number of rotatable bonds is 6. The second-order valence-corrected chi connectivity index (χ2v) is 5.35. The molecule has 1 aromatic rings. The normalized spacial score (nSPS) is 11.2. The predicted molar refractivity (Wildman–Crippen MR) is 75.0 cm³/mol. The van der Waals surface area contributed by atoms with E-state index in [1.807, 2.05) is 39.8 Å². The van der Waals surface area contributed by atoms with Crippen LogP contribution in [0, 0.1) is 0 Å². The maximum absolute atomic E-state index is 11.6. The molecule has 0 saturated carbocycles. The van der Waals surface area contributed by atoms with E-state index in [1.165, 1.54) is 0 Å². The molecule has 0 unspecified atom stereocenters. The minimum absolute atomic E-state index is 0.00546. The van der Waals surface area contributed by atoms with Gasteiger partial charge in [0.25, 0.3) is 5.91 Å². The Morgan fingerprint density at radius 3 is 2.63 bits per heavy atom. The predicted octanol–water partition coefficient (Wildman–Crippen LogP) is 1.48. The number of ether oxygens (including phenoxy) is 1. The first-order valence-corrected chi connectivity index (χ1v) is 6.50. The molecule has 2 N–H and O–H groups in total. The average Bonchev–Trinajstić information content (AvgIpc) is 2.33. The van der Waals surface area contributed by atoms with E-state index < -0.39 is 0 Å². The van der Waals surface area contributed by atoms with Crippen molar-refractivity contribution < 1.29 is 9.53 Å². The molecule has 1 heterocycles. The molecule has 0 atom stereocenters. The van der Waals surface area contributed by atoms with Gasteiger partial charge >= 0.3 is 0 Å². The Morgan fingerprint density at radius 1 is 1.37 bits per heavy atom. The van der Waals surface area contributed by atoms with Gasteiger partial charge in [-0.2, -0.15) is 0 Å². The summed E-state index contributed by atoms with van der Waals surface area (Å²) in [7, 11) is 0. The van der Waals surface area contributed by atoms with Gasteiger partial charge in [0.1, 0.15) is 5.75 Å². The molecule has 1 rings (SSSR count). The summed E-state index contributed by atoms with van der Waals surface area (Å²) in [4.78, 5) is 15.8. The molecular weight excluding hydrogens is 242 g/mol. The van der Waals surface area contributed by atoms with E-state index in [4.69, 9.17) is 4.74 Å². The first kappa shape index (κ1) is 15.4. The minimum Gasteiger partial charge on any atom is -0.482 e. The van der Waals surface area contributed by atoms with Crippen LogP contribution in [0.15, 0.2) is 18.3 Å². The Hall–Kier alpha value is -1.62. The summed E-state index contributed by atoms with van der Waals surface area (Å²) in [5, 5.41) is 6.03. The minimum atomic E-state index is -0.242. The molecule has 1 amide bonds. The number of pyridine rings is 1. The van der Waals surface area contributed by atoms with E-state index in [0.29, 0.717) is 5.75 Å². The van der Waals surface area contributed by atoms with Gasteiger partial charge in [-0.15, -0.1) is 0 Å². The fourth-order valence-electron chi connectivity index (χ4n) is 1.46. The lowest BCUT2D eigenvalue weighted by atomic mass is 10.1. The lowest BCUT2D eigenvalue weighted by Crippen LogP contribution is -2.43. The van der Waals surface area contributed by atoms with Gasteiger partial charge < -0.3 is 15.4 Å². The van der Waals surface area contributed by atoms with Crippen molar-refractivity contribution in [2.45, 2.75) is 39.8 Å². The summed E-state index contributed by atoms with van der Waals surface area (Å²) in [5.41, 5.74) is 0.710. The number of carbonyl (C=O) groups excluding carboxylic acids is 1. The molecule has 0 fully saturated rings. The molecule has 0 aromatic carbocycles. The Kier molecular flexibility index (Phi) is 5.76. The first-order chi connectivity index (χ1) is 8.90. The summed E-state index contributed by atoms with van der Waals surface area (Å²) in [6.45, 7) is 9.50. The van der Waals surface area contributed by atoms with Crippen LogP contribution in [0.2, 0.25) is 0 Å². The van der Waals surface area contributed by atoms with Gasteiger partial charge in [-0.3, -0.25) is 9.78 Å². The number of nitrogens with zero attached hydrogens (tertiary/aromatic N) is 1. The number of aromatic nitrogens is 1. The number of amides is 1. The molecule has 0 aliphatic rings. The van der Waals surface area contributed by atoms with Gasteiger partial charge in [0, 0.05) is 12.1 Å². The highest BCUT2D eigenvalue weighted by atomic mass is 16.5. The van der Waals surface area contributed by atoms with E-state index in [1.54, 1.807) is 6.20 Å². The van der Waals surface area contributed by atoms with Crippen molar-refractivity contribution in [2.24, 2.45) is 0 Å². The zero-order valence-corrected chi connectivity index (χ0v) is 12.1. The van der Waals surface area contributed by atoms with Crippen LogP contribution in [0.25, 0.3) is 0 Å². The van der Waals surface area contributed by atoms with Crippen LogP contribution in [0.1, 0.15) is 33.4 Å². The molecule has 106 valence electrons. The van der Waals surface area contributed by atoms with Gasteiger partial charge in [-0.1, -0.05) is 6.92 Å². The highest BCUT2D eigenvalue weighted by Crippen LogP contribution is 2.09. The Morgan fingerprint density at radius 2 is 2.11 bits per heavy atom. The van der Waals surface area contributed by atoms with Crippen LogP contribution >= 0.6 is 0 Å². The molecule has 0 aliphatic heterocycles. The van der Waals surface area contributed by atoms with Gasteiger partial charge in [0.15, 0.2) is 6.61 Å². The molecule has 5 nitrogen and oxygen atoms in total.